The Hall–Kier alpha value is -0.740. The highest BCUT2D eigenvalue weighted by atomic mass is 31.2. The number of rotatable bonds is 4. The van der Waals surface area contributed by atoms with E-state index >= 15 is 0 Å². The highest BCUT2D eigenvalue weighted by molar-refractivity contribution is 7.71. The quantitative estimate of drug-likeness (QED) is 0.634. The molecule has 0 saturated carbocycles. The first kappa shape index (κ1) is 17.3. The third kappa shape index (κ3) is 3.29. The average molecular weight is 320 g/mol. The fourth-order valence-corrected chi connectivity index (χ4v) is 4.06. The SMILES string of the molecule is CC(C)=Cc1ccc(C(C)(P(=O)(O)O)P(=O)(O)O)cc1. The summed E-state index contributed by atoms with van der Waals surface area (Å²) in [7, 11) is -10.1. The minimum atomic E-state index is -5.05. The fourth-order valence-electron chi connectivity index (χ4n) is 1.73. The van der Waals surface area contributed by atoms with Crippen molar-refractivity contribution in [2.24, 2.45) is 0 Å². The number of hydrogen-bond acceptors (Lipinski definition) is 2. The van der Waals surface area contributed by atoms with Crippen LogP contribution >= 0.6 is 15.2 Å². The summed E-state index contributed by atoms with van der Waals surface area (Å²) in [6.45, 7) is 4.66. The van der Waals surface area contributed by atoms with Crippen LogP contribution in [0.4, 0.5) is 0 Å². The van der Waals surface area contributed by atoms with E-state index in [4.69, 9.17) is 0 Å². The van der Waals surface area contributed by atoms with Crippen molar-refractivity contribution in [2.45, 2.75) is 25.7 Å². The number of hydrogen-bond donors (Lipinski definition) is 4. The van der Waals surface area contributed by atoms with Crippen LogP contribution in [0.5, 0.6) is 0 Å². The number of allylic oxidation sites excluding steroid dienone is 1. The van der Waals surface area contributed by atoms with Gasteiger partial charge in [-0.05, 0) is 31.9 Å². The monoisotopic (exact) mass is 320 g/mol. The molecular formula is C12H18O6P2. The van der Waals surface area contributed by atoms with Crippen LogP contribution in [0, 0.1) is 0 Å². The van der Waals surface area contributed by atoms with Crippen LogP contribution in [0.25, 0.3) is 6.08 Å². The topological polar surface area (TPSA) is 115 Å². The lowest BCUT2D eigenvalue weighted by Gasteiger charge is -2.31. The van der Waals surface area contributed by atoms with Crippen molar-refractivity contribution in [3.63, 3.8) is 0 Å². The molecular weight excluding hydrogens is 302 g/mol. The van der Waals surface area contributed by atoms with Crippen LogP contribution in [-0.4, -0.2) is 19.6 Å². The van der Waals surface area contributed by atoms with Crippen molar-refractivity contribution in [3.05, 3.63) is 41.0 Å². The van der Waals surface area contributed by atoms with Gasteiger partial charge in [0, 0.05) is 0 Å². The Bertz CT molecular complexity index is 581. The summed E-state index contributed by atoms with van der Waals surface area (Å²) in [4.78, 5) is 34.9. The molecule has 0 heterocycles. The Morgan fingerprint density at radius 1 is 1.00 bits per heavy atom. The van der Waals surface area contributed by atoms with Gasteiger partial charge in [0.15, 0.2) is 4.90 Å². The summed E-state index contributed by atoms with van der Waals surface area (Å²) >= 11 is 0. The normalized spacial score (nSPS) is 13.2. The molecule has 112 valence electrons. The largest absolute Gasteiger partial charge is 0.347 e. The highest BCUT2D eigenvalue weighted by Gasteiger charge is 2.57. The summed E-state index contributed by atoms with van der Waals surface area (Å²) in [5.74, 6) is 0. The van der Waals surface area contributed by atoms with Gasteiger partial charge in [0.2, 0.25) is 0 Å². The Balaban J connectivity index is 3.43. The second-order valence-electron chi connectivity index (χ2n) is 4.95. The van der Waals surface area contributed by atoms with Gasteiger partial charge in [0.05, 0.1) is 0 Å². The predicted molar refractivity (Wildman–Crippen MR) is 77.2 cm³/mol. The predicted octanol–water partition coefficient (Wildman–Crippen LogP) is 2.64. The van der Waals surface area contributed by atoms with E-state index in [0.717, 1.165) is 18.1 Å². The van der Waals surface area contributed by atoms with E-state index in [-0.39, 0.29) is 5.56 Å². The van der Waals surface area contributed by atoms with Crippen molar-refractivity contribution in [3.8, 4) is 0 Å². The molecule has 8 heteroatoms. The van der Waals surface area contributed by atoms with Gasteiger partial charge in [-0.1, -0.05) is 35.9 Å². The van der Waals surface area contributed by atoms with Crippen LogP contribution in [0.1, 0.15) is 31.9 Å². The zero-order chi connectivity index (χ0) is 15.8. The molecule has 1 aromatic rings. The van der Waals surface area contributed by atoms with Crippen molar-refractivity contribution < 1.29 is 28.7 Å². The molecule has 1 aromatic carbocycles. The average Bonchev–Trinajstić information content (AvgIpc) is 2.25. The molecule has 0 aromatic heterocycles. The zero-order valence-electron chi connectivity index (χ0n) is 11.4. The van der Waals surface area contributed by atoms with Crippen molar-refractivity contribution in [1.29, 1.82) is 0 Å². The van der Waals surface area contributed by atoms with Gasteiger partial charge in [-0.25, -0.2) is 0 Å². The Morgan fingerprint density at radius 3 is 1.70 bits per heavy atom. The van der Waals surface area contributed by atoms with Gasteiger partial charge < -0.3 is 19.6 Å². The molecule has 0 spiro atoms. The molecule has 0 aliphatic carbocycles. The number of benzene rings is 1. The minimum absolute atomic E-state index is 0.0925. The van der Waals surface area contributed by atoms with Crippen molar-refractivity contribution in [1.82, 2.24) is 0 Å². The van der Waals surface area contributed by atoms with Gasteiger partial charge in [0.25, 0.3) is 0 Å². The van der Waals surface area contributed by atoms with Crippen molar-refractivity contribution in [2.75, 3.05) is 0 Å². The second kappa shape index (κ2) is 5.57. The van der Waals surface area contributed by atoms with Crippen LogP contribution in [0.2, 0.25) is 0 Å². The highest BCUT2D eigenvalue weighted by Crippen LogP contribution is 2.74. The van der Waals surface area contributed by atoms with Crippen LogP contribution in [-0.2, 0) is 14.0 Å². The first-order chi connectivity index (χ1) is 8.89. The maximum atomic E-state index is 11.6. The maximum Gasteiger partial charge on any atom is 0.347 e. The zero-order valence-corrected chi connectivity index (χ0v) is 13.2. The standard InChI is InChI=1S/C12H18O6P2/c1-9(2)8-10-4-6-11(7-5-10)12(3,19(13,14)15)20(16,17)18/h4-8H,1-3H3,(H2,13,14,15)(H2,16,17,18). The molecule has 0 fully saturated rings. The van der Waals surface area contributed by atoms with E-state index in [9.17, 15) is 28.7 Å². The van der Waals surface area contributed by atoms with Gasteiger partial charge >= 0.3 is 15.2 Å². The molecule has 0 aliphatic rings. The van der Waals surface area contributed by atoms with E-state index in [1.165, 1.54) is 12.1 Å². The third-order valence-corrected chi connectivity index (χ3v) is 7.40. The maximum absolute atomic E-state index is 11.6. The molecule has 4 N–H and O–H groups in total. The summed E-state index contributed by atoms with van der Waals surface area (Å²) in [5.41, 5.74) is 1.73. The second-order valence-corrected chi connectivity index (χ2v) is 9.27. The molecule has 0 bridgehead atoms. The van der Waals surface area contributed by atoms with E-state index in [1.807, 2.05) is 19.9 Å². The lowest BCUT2D eigenvalue weighted by atomic mass is 10.1. The Labute approximate surface area is 117 Å². The molecule has 0 amide bonds. The van der Waals surface area contributed by atoms with Gasteiger partial charge in [-0.15, -0.1) is 0 Å². The summed E-state index contributed by atoms with van der Waals surface area (Å²) in [5, 5.41) is 0. The molecule has 0 saturated heterocycles. The van der Waals surface area contributed by atoms with Gasteiger partial charge in [0.1, 0.15) is 0 Å². The molecule has 6 nitrogen and oxygen atoms in total. The van der Waals surface area contributed by atoms with Crippen LogP contribution in [0.15, 0.2) is 29.8 Å². The van der Waals surface area contributed by atoms with E-state index in [0.29, 0.717) is 0 Å². The third-order valence-electron chi connectivity index (χ3n) is 3.05. The minimum Gasteiger partial charge on any atom is -0.323 e. The molecule has 1 rings (SSSR count). The summed E-state index contributed by atoms with van der Waals surface area (Å²) in [6, 6.07) is 5.78. The Morgan fingerprint density at radius 2 is 1.40 bits per heavy atom. The fraction of sp³-hybridized carbons (Fsp3) is 0.333. The van der Waals surface area contributed by atoms with E-state index in [1.54, 1.807) is 12.1 Å². The molecule has 0 atom stereocenters. The summed E-state index contributed by atoms with van der Waals surface area (Å²) in [6.07, 6.45) is 1.84. The van der Waals surface area contributed by atoms with Crippen LogP contribution in [0.3, 0.4) is 0 Å². The summed E-state index contributed by atoms with van der Waals surface area (Å²) < 4.78 is 23.1. The Kier molecular flexibility index (Phi) is 4.82. The molecule has 0 radical (unpaired) electrons. The molecule has 0 unspecified atom stereocenters. The van der Waals surface area contributed by atoms with E-state index in [2.05, 4.69) is 0 Å². The smallest absolute Gasteiger partial charge is 0.323 e. The van der Waals surface area contributed by atoms with Crippen LogP contribution < -0.4 is 0 Å². The molecule has 0 aliphatic heterocycles. The molecule has 20 heavy (non-hydrogen) atoms. The lowest BCUT2D eigenvalue weighted by molar-refractivity contribution is 0.314. The lowest BCUT2D eigenvalue weighted by Crippen LogP contribution is -2.22. The van der Waals surface area contributed by atoms with Gasteiger partial charge in [-0.3, -0.25) is 9.13 Å². The van der Waals surface area contributed by atoms with Gasteiger partial charge in [-0.2, -0.15) is 0 Å². The first-order valence-corrected chi connectivity index (χ1v) is 8.99. The first-order valence-electron chi connectivity index (χ1n) is 5.76. The van der Waals surface area contributed by atoms with Crippen molar-refractivity contribution >= 4 is 21.3 Å². The van der Waals surface area contributed by atoms with E-state index < -0.39 is 20.1 Å².